The molecule has 0 bridgehead atoms. The van der Waals surface area contributed by atoms with Crippen molar-refractivity contribution in [2.24, 2.45) is 0 Å². The van der Waals surface area contributed by atoms with E-state index in [2.05, 4.69) is 34.7 Å². The summed E-state index contributed by atoms with van der Waals surface area (Å²) >= 11 is 0. The molecule has 1 N–H and O–H groups in total. The second-order valence-corrected chi connectivity index (χ2v) is 5.85. The van der Waals surface area contributed by atoms with Crippen LogP contribution in [0.25, 0.3) is 21.7 Å². The van der Waals surface area contributed by atoms with Crippen molar-refractivity contribution >= 4 is 33.1 Å². The SMILES string of the molecule is O=[N+]([O-])c1ccc2nn(CCNc3cccc4ccccc34)cc2c1. The minimum absolute atomic E-state index is 0.0842. The first-order chi connectivity index (χ1) is 12.2. The smallest absolute Gasteiger partial charge is 0.270 e. The summed E-state index contributed by atoms with van der Waals surface area (Å²) in [5.41, 5.74) is 1.93. The third-order valence-corrected chi connectivity index (χ3v) is 4.19. The average Bonchev–Trinajstić information content (AvgIpc) is 3.03. The van der Waals surface area contributed by atoms with E-state index < -0.39 is 4.92 Å². The summed E-state index contributed by atoms with van der Waals surface area (Å²) in [5.74, 6) is 0. The molecular weight excluding hydrogens is 316 g/mol. The fourth-order valence-electron chi connectivity index (χ4n) is 2.98. The highest BCUT2D eigenvalue weighted by Gasteiger charge is 2.08. The number of nitro groups is 1. The van der Waals surface area contributed by atoms with Crippen molar-refractivity contribution in [3.05, 3.63) is 77.0 Å². The third-order valence-electron chi connectivity index (χ3n) is 4.19. The van der Waals surface area contributed by atoms with Crippen LogP contribution in [0.5, 0.6) is 0 Å². The van der Waals surface area contributed by atoms with Crippen LogP contribution in [0.3, 0.4) is 0 Å². The van der Waals surface area contributed by atoms with Gasteiger partial charge in [0.2, 0.25) is 0 Å². The van der Waals surface area contributed by atoms with Crippen molar-refractivity contribution in [1.82, 2.24) is 9.78 Å². The number of rotatable bonds is 5. The fourth-order valence-corrected chi connectivity index (χ4v) is 2.98. The van der Waals surface area contributed by atoms with Gasteiger partial charge in [-0.1, -0.05) is 36.4 Å². The maximum atomic E-state index is 10.9. The average molecular weight is 332 g/mol. The molecule has 0 aliphatic heterocycles. The monoisotopic (exact) mass is 332 g/mol. The fraction of sp³-hybridized carbons (Fsp3) is 0.105. The third kappa shape index (κ3) is 3.01. The van der Waals surface area contributed by atoms with E-state index in [9.17, 15) is 10.1 Å². The Labute approximate surface area is 143 Å². The molecule has 0 unspecified atom stereocenters. The van der Waals surface area contributed by atoms with Crippen LogP contribution in [0, 0.1) is 10.1 Å². The predicted octanol–water partition coefficient (Wildman–Crippen LogP) is 4.21. The van der Waals surface area contributed by atoms with Gasteiger partial charge in [0.1, 0.15) is 0 Å². The molecule has 0 amide bonds. The number of hydrogen-bond acceptors (Lipinski definition) is 4. The van der Waals surface area contributed by atoms with Crippen LogP contribution < -0.4 is 5.32 Å². The van der Waals surface area contributed by atoms with Gasteiger partial charge >= 0.3 is 0 Å². The van der Waals surface area contributed by atoms with E-state index in [4.69, 9.17) is 0 Å². The van der Waals surface area contributed by atoms with Crippen molar-refractivity contribution in [1.29, 1.82) is 0 Å². The molecule has 0 saturated heterocycles. The largest absolute Gasteiger partial charge is 0.383 e. The van der Waals surface area contributed by atoms with Gasteiger partial charge in [0, 0.05) is 41.3 Å². The van der Waals surface area contributed by atoms with Crippen LogP contribution in [0.1, 0.15) is 0 Å². The number of hydrogen-bond donors (Lipinski definition) is 1. The quantitative estimate of drug-likeness (QED) is 0.439. The Balaban J connectivity index is 1.49. The molecule has 25 heavy (non-hydrogen) atoms. The van der Waals surface area contributed by atoms with Crippen molar-refractivity contribution < 1.29 is 4.92 Å². The lowest BCUT2D eigenvalue weighted by Gasteiger charge is -2.09. The highest BCUT2D eigenvalue weighted by Crippen LogP contribution is 2.23. The van der Waals surface area contributed by atoms with Gasteiger partial charge in [0.15, 0.2) is 0 Å². The molecule has 1 heterocycles. The maximum Gasteiger partial charge on any atom is 0.270 e. The van der Waals surface area contributed by atoms with E-state index in [-0.39, 0.29) is 5.69 Å². The van der Waals surface area contributed by atoms with Crippen LogP contribution in [-0.4, -0.2) is 21.2 Å². The minimum Gasteiger partial charge on any atom is -0.383 e. The highest BCUT2D eigenvalue weighted by atomic mass is 16.6. The summed E-state index contributed by atoms with van der Waals surface area (Å²) in [6.45, 7) is 1.38. The summed E-state index contributed by atoms with van der Waals surface area (Å²) in [5, 5.41) is 21.9. The molecule has 6 heteroatoms. The maximum absolute atomic E-state index is 10.9. The molecule has 4 rings (SSSR count). The van der Waals surface area contributed by atoms with Gasteiger partial charge in [-0.05, 0) is 17.5 Å². The Bertz CT molecular complexity index is 1070. The number of aromatic nitrogens is 2. The van der Waals surface area contributed by atoms with Crippen LogP contribution in [-0.2, 0) is 6.54 Å². The minimum atomic E-state index is -0.390. The number of nitro benzene ring substituents is 1. The van der Waals surface area contributed by atoms with Crippen LogP contribution in [0.2, 0.25) is 0 Å². The Morgan fingerprint density at radius 3 is 2.76 bits per heavy atom. The van der Waals surface area contributed by atoms with E-state index in [1.54, 1.807) is 12.1 Å². The second-order valence-electron chi connectivity index (χ2n) is 5.85. The molecular formula is C19H16N4O2. The summed E-state index contributed by atoms with van der Waals surface area (Å²) in [6.07, 6.45) is 1.84. The van der Waals surface area contributed by atoms with Gasteiger partial charge in [-0.25, -0.2) is 0 Å². The van der Waals surface area contributed by atoms with E-state index in [0.29, 0.717) is 13.1 Å². The van der Waals surface area contributed by atoms with Gasteiger partial charge in [-0.3, -0.25) is 14.8 Å². The van der Waals surface area contributed by atoms with Gasteiger partial charge < -0.3 is 5.32 Å². The zero-order valence-electron chi connectivity index (χ0n) is 13.4. The number of nitrogens with zero attached hydrogens (tertiary/aromatic N) is 3. The number of anilines is 1. The molecule has 0 saturated carbocycles. The number of non-ortho nitro benzene ring substituents is 1. The second kappa shape index (κ2) is 6.24. The first-order valence-corrected chi connectivity index (χ1v) is 8.04. The first-order valence-electron chi connectivity index (χ1n) is 8.04. The first kappa shape index (κ1) is 15.1. The lowest BCUT2D eigenvalue weighted by Crippen LogP contribution is -2.10. The number of benzene rings is 3. The molecule has 1 aromatic heterocycles. The Kier molecular flexibility index (Phi) is 3.78. The Morgan fingerprint density at radius 2 is 1.88 bits per heavy atom. The summed E-state index contributed by atoms with van der Waals surface area (Å²) in [6, 6.07) is 19.1. The predicted molar refractivity (Wildman–Crippen MR) is 98.8 cm³/mol. The van der Waals surface area contributed by atoms with E-state index in [0.717, 1.165) is 16.6 Å². The molecule has 0 aliphatic rings. The van der Waals surface area contributed by atoms with Crippen LogP contribution >= 0.6 is 0 Å². The molecule has 0 radical (unpaired) electrons. The lowest BCUT2D eigenvalue weighted by molar-refractivity contribution is -0.384. The molecule has 0 aliphatic carbocycles. The number of fused-ring (bicyclic) bond motifs is 2. The van der Waals surface area contributed by atoms with Crippen molar-refractivity contribution in [3.8, 4) is 0 Å². The van der Waals surface area contributed by atoms with Gasteiger partial charge in [0.25, 0.3) is 5.69 Å². The summed E-state index contributed by atoms with van der Waals surface area (Å²) in [4.78, 5) is 10.5. The lowest BCUT2D eigenvalue weighted by atomic mass is 10.1. The van der Waals surface area contributed by atoms with Crippen LogP contribution in [0.4, 0.5) is 11.4 Å². The zero-order chi connectivity index (χ0) is 17.2. The van der Waals surface area contributed by atoms with Crippen molar-refractivity contribution in [2.75, 3.05) is 11.9 Å². The normalized spacial score (nSPS) is 11.0. The molecule has 3 aromatic carbocycles. The molecule has 4 aromatic rings. The van der Waals surface area contributed by atoms with E-state index in [1.165, 1.54) is 16.8 Å². The standard InChI is InChI=1S/C19H16N4O2/c24-23(25)16-8-9-18-15(12-16)13-22(21-18)11-10-20-19-7-3-5-14-4-1-2-6-17(14)19/h1-9,12-13,20H,10-11H2. The van der Waals surface area contributed by atoms with Gasteiger partial charge in [0.05, 0.1) is 17.0 Å². The Hall–Kier alpha value is -3.41. The summed E-state index contributed by atoms with van der Waals surface area (Å²) < 4.78 is 1.81. The highest BCUT2D eigenvalue weighted by molar-refractivity contribution is 5.93. The topological polar surface area (TPSA) is 73.0 Å². The summed E-state index contributed by atoms with van der Waals surface area (Å²) in [7, 11) is 0. The molecule has 0 fully saturated rings. The molecule has 6 nitrogen and oxygen atoms in total. The van der Waals surface area contributed by atoms with Crippen molar-refractivity contribution in [3.63, 3.8) is 0 Å². The van der Waals surface area contributed by atoms with E-state index in [1.807, 2.05) is 29.1 Å². The van der Waals surface area contributed by atoms with Crippen molar-refractivity contribution in [2.45, 2.75) is 6.54 Å². The zero-order valence-corrected chi connectivity index (χ0v) is 13.4. The molecule has 124 valence electrons. The van der Waals surface area contributed by atoms with Gasteiger partial charge in [-0.2, -0.15) is 5.10 Å². The van der Waals surface area contributed by atoms with Gasteiger partial charge in [-0.15, -0.1) is 0 Å². The Morgan fingerprint density at radius 1 is 1.04 bits per heavy atom. The molecule has 0 atom stereocenters. The van der Waals surface area contributed by atoms with E-state index >= 15 is 0 Å². The molecule has 0 spiro atoms. The number of nitrogens with one attached hydrogen (secondary N) is 1. The van der Waals surface area contributed by atoms with Crippen LogP contribution in [0.15, 0.2) is 66.9 Å².